The Balaban J connectivity index is 1.32. The van der Waals surface area contributed by atoms with Crippen LogP contribution < -0.4 is 5.32 Å². The zero-order valence-electron chi connectivity index (χ0n) is 18.7. The minimum absolute atomic E-state index is 0.0144. The Morgan fingerprint density at radius 1 is 0.966 bits per heavy atom. The normalized spacial score (nSPS) is 48.4. The number of carbonyl (C=O) groups excluding carboxylic acids is 1. The summed E-state index contributed by atoms with van der Waals surface area (Å²) in [4.78, 5) is 12.7. The van der Waals surface area contributed by atoms with Gasteiger partial charge in [0.25, 0.3) is 0 Å². The Morgan fingerprint density at radius 3 is 2.52 bits per heavy atom. The molecule has 0 aromatic rings. The molecule has 2 heteroatoms. The van der Waals surface area contributed by atoms with E-state index in [9.17, 15) is 4.79 Å². The van der Waals surface area contributed by atoms with Crippen LogP contribution in [0.5, 0.6) is 0 Å². The van der Waals surface area contributed by atoms with Crippen molar-refractivity contribution < 1.29 is 4.79 Å². The van der Waals surface area contributed by atoms with Crippen LogP contribution in [0.3, 0.4) is 0 Å². The molecule has 29 heavy (non-hydrogen) atoms. The predicted molar refractivity (Wildman–Crippen MR) is 119 cm³/mol. The smallest absolute Gasteiger partial charge is 0.139 e. The number of hydrogen-bond acceptors (Lipinski definition) is 2. The first-order chi connectivity index (χ1) is 13.9. The average molecular weight is 396 g/mol. The molecule has 1 unspecified atom stereocenters. The molecule has 4 aliphatic carbocycles. The molecule has 5 rings (SSSR count). The van der Waals surface area contributed by atoms with Gasteiger partial charge in [0.15, 0.2) is 0 Å². The molecule has 2 nitrogen and oxygen atoms in total. The lowest BCUT2D eigenvalue weighted by molar-refractivity contribution is -0.135. The maximum absolute atomic E-state index is 12.7. The lowest BCUT2D eigenvalue weighted by atomic mass is 9.44. The standard InChI is InChI=1S/C27H41NO/c1-18-16-21-22-6-7-25(29)27(22,3)13-9-23(21)26(2)12-8-20(17-24(18)26)5-4-19-10-14-28-15-11-19/h4-5,19-24,28H,1,6-17H2,2-3H3/b5-4-/t20-,21+,22+,23+,24?,26-,27+/m1/s1. The van der Waals surface area contributed by atoms with Crippen molar-refractivity contribution in [1.29, 1.82) is 0 Å². The van der Waals surface area contributed by atoms with Crippen molar-refractivity contribution in [3.8, 4) is 0 Å². The summed E-state index contributed by atoms with van der Waals surface area (Å²) in [6, 6.07) is 0. The van der Waals surface area contributed by atoms with Crippen LogP contribution in [-0.2, 0) is 4.79 Å². The summed E-state index contributed by atoms with van der Waals surface area (Å²) in [6.45, 7) is 11.9. The third kappa shape index (κ3) is 3.20. The van der Waals surface area contributed by atoms with Crippen LogP contribution in [0.4, 0.5) is 0 Å². The van der Waals surface area contributed by atoms with Crippen molar-refractivity contribution in [1.82, 2.24) is 5.32 Å². The van der Waals surface area contributed by atoms with Gasteiger partial charge in [0.1, 0.15) is 5.78 Å². The number of nitrogens with one attached hydrogen (secondary N) is 1. The Labute approximate surface area is 178 Å². The van der Waals surface area contributed by atoms with Crippen molar-refractivity contribution in [2.24, 2.45) is 46.3 Å². The highest BCUT2D eigenvalue weighted by atomic mass is 16.1. The molecule has 0 spiro atoms. The van der Waals surface area contributed by atoms with Gasteiger partial charge in [-0.1, -0.05) is 38.2 Å². The predicted octanol–water partition coefficient (Wildman–Crippen LogP) is 5.94. The highest BCUT2D eigenvalue weighted by Crippen LogP contribution is 2.66. The summed E-state index contributed by atoms with van der Waals surface area (Å²) in [5.41, 5.74) is 1.93. The molecule has 0 amide bonds. The molecule has 0 radical (unpaired) electrons. The van der Waals surface area contributed by atoms with Crippen LogP contribution in [0.15, 0.2) is 24.3 Å². The highest BCUT2D eigenvalue weighted by molar-refractivity contribution is 5.87. The molecule has 5 fully saturated rings. The van der Waals surface area contributed by atoms with Crippen molar-refractivity contribution in [2.75, 3.05) is 13.1 Å². The molecule has 1 heterocycles. The van der Waals surface area contributed by atoms with Gasteiger partial charge in [-0.2, -0.15) is 0 Å². The Kier molecular flexibility index (Phi) is 5.09. The number of ketones is 1. The summed E-state index contributed by atoms with van der Waals surface area (Å²) in [7, 11) is 0. The molecule has 1 N–H and O–H groups in total. The monoisotopic (exact) mass is 395 g/mol. The van der Waals surface area contributed by atoms with Gasteiger partial charge < -0.3 is 5.32 Å². The van der Waals surface area contributed by atoms with Gasteiger partial charge in [-0.25, -0.2) is 0 Å². The third-order valence-electron chi connectivity index (χ3n) is 10.4. The van der Waals surface area contributed by atoms with E-state index in [0.717, 1.165) is 42.9 Å². The van der Waals surface area contributed by atoms with Gasteiger partial charge in [0, 0.05) is 11.8 Å². The van der Waals surface area contributed by atoms with Crippen LogP contribution in [0.25, 0.3) is 0 Å². The van der Waals surface area contributed by atoms with E-state index < -0.39 is 0 Å². The second-order valence-corrected chi connectivity index (χ2v) is 11.7. The molecule has 4 saturated carbocycles. The van der Waals surface area contributed by atoms with Crippen molar-refractivity contribution >= 4 is 5.78 Å². The minimum atomic E-state index is -0.0144. The highest BCUT2D eigenvalue weighted by Gasteiger charge is 2.60. The van der Waals surface area contributed by atoms with E-state index >= 15 is 0 Å². The van der Waals surface area contributed by atoms with E-state index in [0.29, 0.717) is 23.0 Å². The van der Waals surface area contributed by atoms with E-state index in [1.165, 1.54) is 63.6 Å². The quantitative estimate of drug-likeness (QED) is 0.587. The summed E-state index contributed by atoms with van der Waals surface area (Å²) in [6.07, 6.45) is 17.4. The van der Waals surface area contributed by atoms with Gasteiger partial charge in [-0.05, 0) is 112 Å². The van der Waals surface area contributed by atoms with Crippen molar-refractivity contribution in [2.45, 2.75) is 78.1 Å². The fourth-order valence-electron chi connectivity index (χ4n) is 8.57. The van der Waals surface area contributed by atoms with Crippen molar-refractivity contribution in [3.63, 3.8) is 0 Å². The van der Waals surface area contributed by atoms with E-state index in [-0.39, 0.29) is 5.41 Å². The lowest BCUT2D eigenvalue weighted by Gasteiger charge is -2.60. The second-order valence-electron chi connectivity index (χ2n) is 11.7. The molecular formula is C27H41NO. The maximum atomic E-state index is 12.7. The van der Waals surface area contributed by atoms with Gasteiger partial charge in [-0.15, -0.1) is 0 Å². The van der Waals surface area contributed by atoms with Crippen LogP contribution in [0, 0.1) is 46.3 Å². The molecule has 0 aromatic carbocycles. The SMILES string of the molecule is C=C1C[C@@H]2[C@H](CC[C@]3(C)C(=O)CC[C@@H]23)[C@@]2(C)CC[C@@H](/C=C\C3CCNCC3)CC12. The van der Waals surface area contributed by atoms with E-state index in [1.54, 1.807) is 0 Å². The third-order valence-corrected chi connectivity index (χ3v) is 10.4. The molecule has 5 aliphatic rings. The first-order valence-corrected chi connectivity index (χ1v) is 12.5. The zero-order valence-corrected chi connectivity index (χ0v) is 18.7. The van der Waals surface area contributed by atoms with Gasteiger partial charge in [0.05, 0.1) is 0 Å². The van der Waals surface area contributed by atoms with Gasteiger partial charge in [0.2, 0.25) is 0 Å². The van der Waals surface area contributed by atoms with E-state index in [1.807, 2.05) is 0 Å². The molecule has 1 aliphatic heterocycles. The maximum Gasteiger partial charge on any atom is 0.139 e. The molecular weight excluding hydrogens is 354 g/mol. The van der Waals surface area contributed by atoms with Crippen molar-refractivity contribution in [3.05, 3.63) is 24.3 Å². The number of piperidine rings is 1. The summed E-state index contributed by atoms with van der Waals surface area (Å²) < 4.78 is 0. The number of Topliss-reactive ketones (excluding diaryl/α,β-unsaturated/α-hetero) is 1. The molecule has 1 saturated heterocycles. The summed E-state index contributed by atoms with van der Waals surface area (Å²) >= 11 is 0. The number of fused-ring (bicyclic) bond motifs is 5. The van der Waals surface area contributed by atoms with Crippen LogP contribution >= 0.6 is 0 Å². The average Bonchev–Trinajstić information content (AvgIpc) is 3.03. The number of rotatable bonds is 2. The van der Waals surface area contributed by atoms with E-state index in [4.69, 9.17) is 0 Å². The van der Waals surface area contributed by atoms with Crippen LogP contribution in [0.1, 0.15) is 78.1 Å². The lowest BCUT2D eigenvalue weighted by Crippen LogP contribution is -2.54. The zero-order chi connectivity index (χ0) is 20.2. The number of hydrogen-bond donors (Lipinski definition) is 1. The molecule has 0 aromatic heterocycles. The molecule has 160 valence electrons. The first kappa shape index (κ1) is 20.0. The van der Waals surface area contributed by atoms with Crippen LogP contribution in [-0.4, -0.2) is 18.9 Å². The Morgan fingerprint density at radius 2 is 1.72 bits per heavy atom. The molecule has 0 bridgehead atoms. The topological polar surface area (TPSA) is 29.1 Å². The fraction of sp³-hybridized carbons (Fsp3) is 0.815. The minimum Gasteiger partial charge on any atom is -0.317 e. The largest absolute Gasteiger partial charge is 0.317 e. The first-order valence-electron chi connectivity index (χ1n) is 12.5. The Hall–Kier alpha value is -0.890. The van der Waals surface area contributed by atoms with Gasteiger partial charge >= 0.3 is 0 Å². The number of carbonyl (C=O) groups is 1. The number of allylic oxidation sites excluding steroid dienone is 3. The summed E-state index contributed by atoms with van der Waals surface area (Å²) in [5, 5.41) is 3.48. The Bertz CT molecular complexity index is 703. The van der Waals surface area contributed by atoms with E-state index in [2.05, 4.69) is 37.9 Å². The van der Waals surface area contributed by atoms with Crippen LogP contribution in [0.2, 0.25) is 0 Å². The second kappa shape index (κ2) is 7.36. The fourth-order valence-corrected chi connectivity index (χ4v) is 8.57. The summed E-state index contributed by atoms with van der Waals surface area (Å²) in [5.74, 6) is 4.96. The molecule has 7 atom stereocenters. The van der Waals surface area contributed by atoms with Gasteiger partial charge in [-0.3, -0.25) is 4.79 Å².